The predicted molar refractivity (Wildman–Crippen MR) is 138 cm³/mol. The Kier molecular flexibility index (Phi) is 6.10. The lowest BCUT2D eigenvalue weighted by Gasteiger charge is -2.24. The lowest BCUT2D eigenvalue weighted by molar-refractivity contribution is -0.118. The first kappa shape index (κ1) is 23.3. The number of carbonyl (C=O) groups excluding carboxylic acids is 1. The number of hydrogen-bond acceptors (Lipinski definition) is 8. The van der Waals surface area contributed by atoms with Crippen LogP contribution in [0.1, 0.15) is 62.9 Å². The van der Waals surface area contributed by atoms with E-state index in [2.05, 4.69) is 25.2 Å². The van der Waals surface area contributed by atoms with Gasteiger partial charge in [-0.05, 0) is 58.0 Å². The minimum absolute atomic E-state index is 0.148. The van der Waals surface area contributed by atoms with Crippen LogP contribution in [0.3, 0.4) is 0 Å². The molecular weight excluding hydrogens is 456 g/mol. The molecule has 3 unspecified atom stereocenters. The van der Waals surface area contributed by atoms with Crippen LogP contribution in [-0.2, 0) is 4.79 Å². The van der Waals surface area contributed by atoms with Gasteiger partial charge in [-0.1, -0.05) is 12.8 Å². The molecule has 1 saturated carbocycles. The third-order valence-corrected chi connectivity index (χ3v) is 7.81. The van der Waals surface area contributed by atoms with E-state index in [1.165, 1.54) is 12.8 Å². The molecule has 190 valence electrons. The van der Waals surface area contributed by atoms with Crippen molar-refractivity contribution in [1.29, 1.82) is 0 Å². The number of fused-ring (bicyclic) bond motifs is 3. The summed E-state index contributed by atoms with van der Waals surface area (Å²) in [4.78, 5) is 30.3. The van der Waals surface area contributed by atoms with Crippen LogP contribution >= 0.6 is 0 Å². The van der Waals surface area contributed by atoms with Crippen LogP contribution in [0.2, 0.25) is 0 Å². The van der Waals surface area contributed by atoms with E-state index in [-0.39, 0.29) is 5.91 Å². The molecule has 3 aromatic heterocycles. The van der Waals surface area contributed by atoms with Crippen LogP contribution in [-0.4, -0.2) is 68.2 Å². The van der Waals surface area contributed by atoms with Gasteiger partial charge >= 0.3 is 0 Å². The molecule has 3 atom stereocenters. The fourth-order valence-corrected chi connectivity index (χ4v) is 5.93. The summed E-state index contributed by atoms with van der Waals surface area (Å²) in [5.74, 6) is 1.22. The van der Waals surface area contributed by atoms with Crippen molar-refractivity contribution in [2.24, 2.45) is 0 Å². The van der Waals surface area contributed by atoms with Crippen molar-refractivity contribution in [3.63, 3.8) is 0 Å². The molecule has 0 spiro atoms. The van der Waals surface area contributed by atoms with E-state index in [1.807, 2.05) is 37.2 Å². The first-order chi connectivity index (χ1) is 17.5. The molecule has 2 saturated heterocycles. The first-order valence-electron chi connectivity index (χ1n) is 13.0. The second kappa shape index (κ2) is 9.42. The lowest BCUT2D eigenvalue weighted by atomic mass is 10.1. The topological polar surface area (TPSA) is 111 Å². The van der Waals surface area contributed by atoms with Crippen molar-refractivity contribution in [2.75, 3.05) is 30.9 Å². The summed E-state index contributed by atoms with van der Waals surface area (Å²) in [6, 6.07) is 6.77. The summed E-state index contributed by atoms with van der Waals surface area (Å²) in [5.41, 5.74) is 2.49. The molecule has 10 heteroatoms. The number of anilines is 3. The number of nitrogens with one attached hydrogen (secondary N) is 2. The van der Waals surface area contributed by atoms with Gasteiger partial charge in [0, 0.05) is 42.7 Å². The minimum Gasteiger partial charge on any atom is -0.373 e. The highest BCUT2D eigenvalue weighted by Gasteiger charge is 2.34. The zero-order chi connectivity index (χ0) is 24.8. The molecule has 3 N–H and O–H groups in total. The quantitative estimate of drug-likeness (QED) is 0.452. The van der Waals surface area contributed by atoms with Gasteiger partial charge in [0.05, 0.1) is 17.6 Å². The fraction of sp³-hybridized carbons (Fsp3) is 0.538. The number of aliphatic hydroxyl groups excluding tert-OH is 1. The molecule has 3 fully saturated rings. The van der Waals surface area contributed by atoms with Gasteiger partial charge in [-0.15, -0.1) is 0 Å². The van der Waals surface area contributed by atoms with Crippen molar-refractivity contribution in [3.05, 3.63) is 36.3 Å². The van der Waals surface area contributed by atoms with Crippen molar-refractivity contribution in [2.45, 2.75) is 69.3 Å². The number of nitrogens with zero attached hydrogens (tertiary/aromatic N) is 6. The standard InChI is InChI=1S/C26H34N8O2/c1-32(2)25(36)21-11-16-13-28-26(31-24(16)34(21)19-5-3-4-6-19)30-22-10-9-20(14-27-22)33-15-18-8-7-17(29-18)12-23(33)35/h9-11,13-14,17-19,25,29,36H,3-8,12,15H2,1-2H3,(H,27,28,30,31). The van der Waals surface area contributed by atoms with Gasteiger partial charge in [-0.25, -0.2) is 9.97 Å². The van der Waals surface area contributed by atoms with Crippen LogP contribution < -0.4 is 15.5 Å². The molecule has 1 aliphatic carbocycles. The Morgan fingerprint density at radius 3 is 2.67 bits per heavy atom. The van der Waals surface area contributed by atoms with Gasteiger partial charge in [-0.2, -0.15) is 4.98 Å². The Bertz CT molecular complexity index is 1250. The van der Waals surface area contributed by atoms with E-state index in [0.29, 0.717) is 42.9 Å². The average Bonchev–Trinajstić information content (AvgIpc) is 3.59. The van der Waals surface area contributed by atoms with E-state index in [9.17, 15) is 9.90 Å². The van der Waals surface area contributed by atoms with E-state index in [4.69, 9.17) is 4.98 Å². The second-order valence-corrected chi connectivity index (χ2v) is 10.6. The Labute approximate surface area is 210 Å². The summed E-state index contributed by atoms with van der Waals surface area (Å²) in [7, 11) is 3.74. The number of aromatic nitrogens is 4. The van der Waals surface area contributed by atoms with Gasteiger partial charge in [0.2, 0.25) is 11.9 Å². The zero-order valence-corrected chi connectivity index (χ0v) is 20.9. The zero-order valence-electron chi connectivity index (χ0n) is 20.9. The van der Waals surface area contributed by atoms with E-state index in [1.54, 1.807) is 17.3 Å². The van der Waals surface area contributed by atoms with E-state index < -0.39 is 6.23 Å². The summed E-state index contributed by atoms with van der Waals surface area (Å²) >= 11 is 0. The summed E-state index contributed by atoms with van der Waals surface area (Å²) in [6.45, 7) is 0.683. The van der Waals surface area contributed by atoms with Crippen molar-refractivity contribution in [1.82, 2.24) is 29.7 Å². The van der Waals surface area contributed by atoms with Gasteiger partial charge in [0.1, 0.15) is 17.7 Å². The lowest BCUT2D eigenvalue weighted by Crippen LogP contribution is -2.37. The van der Waals surface area contributed by atoms with Crippen LogP contribution in [0.5, 0.6) is 0 Å². The highest BCUT2D eigenvalue weighted by atomic mass is 16.3. The smallest absolute Gasteiger partial charge is 0.230 e. The summed E-state index contributed by atoms with van der Waals surface area (Å²) < 4.78 is 2.20. The molecule has 0 aromatic carbocycles. The minimum atomic E-state index is -0.711. The summed E-state index contributed by atoms with van der Waals surface area (Å²) in [6.07, 6.45) is 10.1. The van der Waals surface area contributed by atoms with Crippen molar-refractivity contribution >= 4 is 34.4 Å². The normalized spacial score (nSPS) is 23.6. The molecule has 1 amide bonds. The Hall–Kier alpha value is -3.08. The number of aliphatic hydroxyl groups is 1. The molecule has 2 bridgehead atoms. The molecule has 0 radical (unpaired) electrons. The summed E-state index contributed by atoms with van der Waals surface area (Å²) in [5, 5.41) is 18.5. The van der Waals surface area contributed by atoms with Crippen LogP contribution in [0.25, 0.3) is 11.0 Å². The third-order valence-electron chi connectivity index (χ3n) is 7.81. The molecule has 3 aliphatic rings. The molecule has 3 aromatic rings. The molecule has 6 rings (SSSR count). The Morgan fingerprint density at radius 2 is 1.92 bits per heavy atom. The molecule has 10 nitrogen and oxygen atoms in total. The number of rotatable bonds is 6. The first-order valence-corrected chi connectivity index (χ1v) is 13.0. The van der Waals surface area contributed by atoms with Crippen LogP contribution in [0, 0.1) is 0 Å². The fourth-order valence-electron chi connectivity index (χ4n) is 5.93. The van der Waals surface area contributed by atoms with Crippen molar-refractivity contribution in [3.8, 4) is 0 Å². The largest absolute Gasteiger partial charge is 0.373 e. The third kappa shape index (κ3) is 4.33. The predicted octanol–water partition coefficient (Wildman–Crippen LogP) is 3.09. The number of carbonyl (C=O) groups is 1. The number of hydrogen-bond donors (Lipinski definition) is 3. The molecule has 5 heterocycles. The number of pyridine rings is 1. The van der Waals surface area contributed by atoms with E-state index in [0.717, 1.165) is 48.1 Å². The maximum Gasteiger partial charge on any atom is 0.230 e. The van der Waals surface area contributed by atoms with Gasteiger partial charge in [-0.3, -0.25) is 9.69 Å². The molecular formula is C26H34N8O2. The molecule has 36 heavy (non-hydrogen) atoms. The van der Waals surface area contributed by atoms with Crippen LogP contribution in [0.4, 0.5) is 17.5 Å². The van der Waals surface area contributed by atoms with Gasteiger partial charge in [0.25, 0.3) is 0 Å². The Morgan fingerprint density at radius 1 is 1.11 bits per heavy atom. The second-order valence-electron chi connectivity index (χ2n) is 10.6. The van der Waals surface area contributed by atoms with Gasteiger partial charge < -0.3 is 25.2 Å². The SMILES string of the molecule is CN(C)C(O)c1cc2cnc(Nc3ccc(N4CC5CCC(CC4=O)N5)cn3)nc2n1C1CCCC1. The highest BCUT2D eigenvalue weighted by Crippen LogP contribution is 2.36. The van der Waals surface area contributed by atoms with Gasteiger partial charge in [0.15, 0.2) is 0 Å². The highest BCUT2D eigenvalue weighted by molar-refractivity contribution is 5.94. The molecule has 2 aliphatic heterocycles. The van der Waals surface area contributed by atoms with Crippen LogP contribution in [0.15, 0.2) is 30.6 Å². The Balaban J connectivity index is 1.25. The van der Waals surface area contributed by atoms with Crippen molar-refractivity contribution < 1.29 is 9.90 Å². The average molecular weight is 491 g/mol. The van der Waals surface area contributed by atoms with E-state index >= 15 is 0 Å². The monoisotopic (exact) mass is 490 g/mol. The maximum atomic E-state index is 12.7. The maximum absolute atomic E-state index is 12.7. The number of amides is 1.